The first-order valence-electron chi connectivity index (χ1n) is 18.1. The van der Waals surface area contributed by atoms with Crippen molar-refractivity contribution in [3.8, 4) is 0 Å². The molecule has 7 atom stereocenters. The van der Waals surface area contributed by atoms with Gasteiger partial charge in [-0.1, -0.05) is 26.0 Å². The zero-order valence-corrected chi connectivity index (χ0v) is 31.9. The zero-order chi connectivity index (χ0) is 40.7. The summed E-state index contributed by atoms with van der Waals surface area (Å²) in [6.07, 6.45) is -3.28. The smallest absolute Gasteiger partial charge is 0.427 e. The number of hydrogen-bond acceptors (Lipinski definition) is 9. The maximum atomic E-state index is 14.5. The number of carbonyl (C=O) groups is 5. The van der Waals surface area contributed by atoms with Crippen molar-refractivity contribution in [2.24, 2.45) is 17.8 Å². The van der Waals surface area contributed by atoms with Crippen LogP contribution < -0.4 is 20.7 Å². The molecule has 2 heterocycles. The van der Waals surface area contributed by atoms with Crippen molar-refractivity contribution < 1.29 is 59.4 Å². The first kappa shape index (κ1) is 41.7. The Morgan fingerprint density at radius 1 is 1.02 bits per heavy atom. The molecule has 2 saturated carbocycles. The van der Waals surface area contributed by atoms with Gasteiger partial charge in [-0.15, -0.1) is 0 Å². The van der Waals surface area contributed by atoms with E-state index in [2.05, 4.69) is 20.7 Å². The second-order valence-corrected chi connectivity index (χ2v) is 18.1. The van der Waals surface area contributed by atoms with Crippen molar-refractivity contribution in [3.05, 3.63) is 42.2 Å². The van der Waals surface area contributed by atoms with Crippen molar-refractivity contribution in [1.82, 2.24) is 20.3 Å². The van der Waals surface area contributed by atoms with E-state index in [0.29, 0.717) is 46.0 Å². The van der Waals surface area contributed by atoms with Crippen LogP contribution in [0.5, 0.6) is 0 Å². The Morgan fingerprint density at radius 3 is 2.29 bits per heavy atom. The largest absolute Gasteiger partial charge is 0.444 e. The summed E-state index contributed by atoms with van der Waals surface area (Å²) >= 11 is 0. The monoisotopic (exact) mass is 801 g/mol. The number of hydrogen-bond donors (Lipinski definition) is 4. The van der Waals surface area contributed by atoms with Gasteiger partial charge in [-0.2, -0.15) is 13.2 Å². The van der Waals surface area contributed by atoms with E-state index < -0.39 is 104 Å². The van der Waals surface area contributed by atoms with Gasteiger partial charge in [-0.05, 0) is 95.4 Å². The number of ether oxygens (including phenoxy) is 2. The molecule has 4 N–H and O–H groups in total. The Balaban J connectivity index is 1.46. The van der Waals surface area contributed by atoms with Gasteiger partial charge in [0, 0.05) is 18.0 Å². The number of benzene rings is 1. The van der Waals surface area contributed by atoms with Gasteiger partial charge in [-0.3, -0.25) is 24.4 Å². The topological polar surface area (TPSA) is 189 Å². The molecule has 55 heavy (non-hydrogen) atoms. The third kappa shape index (κ3) is 9.35. The lowest BCUT2D eigenvalue weighted by Crippen LogP contribution is -2.59. The molecular formula is C36H47F4N5O9S. The van der Waals surface area contributed by atoms with Gasteiger partial charge in [-0.25, -0.2) is 22.4 Å². The van der Waals surface area contributed by atoms with E-state index in [1.807, 2.05) is 13.0 Å². The molecule has 3 fully saturated rings. The van der Waals surface area contributed by atoms with Crippen LogP contribution in [0.1, 0.15) is 79.6 Å². The molecule has 5 rings (SSSR count). The molecule has 19 heteroatoms. The van der Waals surface area contributed by atoms with Gasteiger partial charge >= 0.3 is 18.4 Å². The van der Waals surface area contributed by atoms with Gasteiger partial charge in [0.2, 0.25) is 27.4 Å². The summed E-state index contributed by atoms with van der Waals surface area (Å²) in [4.78, 5) is 69.4. The fraction of sp³-hybridized carbons (Fsp3) is 0.639. The molecule has 2 aliphatic heterocycles. The molecule has 5 amide bonds. The fourth-order valence-electron chi connectivity index (χ4n) is 6.87. The zero-order valence-electron chi connectivity index (χ0n) is 31.1. The van der Waals surface area contributed by atoms with Crippen molar-refractivity contribution in [2.45, 2.75) is 120 Å². The van der Waals surface area contributed by atoms with Crippen LogP contribution >= 0.6 is 0 Å². The summed E-state index contributed by atoms with van der Waals surface area (Å²) in [7, 11) is -4.11. The number of allylic oxidation sites excluding steroid dienone is 1. The highest BCUT2D eigenvalue weighted by Crippen LogP contribution is 2.47. The number of alkyl carbamates (subject to hydrolysis) is 1. The second-order valence-electron chi connectivity index (χ2n) is 15.9. The van der Waals surface area contributed by atoms with Crippen LogP contribution in [0, 0.1) is 23.6 Å². The van der Waals surface area contributed by atoms with E-state index in [9.17, 15) is 50.0 Å². The maximum absolute atomic E-state index is 14.5. The molecule has 14 nitrogen and oxygen atoms in total. The molecule has 304 valence electrons. The van der Waals surface area contributed by atoms with Gasteiger partial charge in [0.25, 0.3) is 5.91 Å². The summed E-state index contributed by atoms with van der Waals surface area (Å²) in [5.41, 5.74) is -4.45. The molecule has 0 spiro atoms. The van der Waals surface area contributed by atoms with Crippen LogP contribution in [0.25, 0.3) is 0 Å². The number of nitrogens with zero attached hydrogens (tertiary/aromatic N) is 1. The van der Waals surface area contributed by atoms with E-state index in [1.54, 1.807) is 13.0 Å². The van der Waals surface area contributed by atoms with Gasteiger partial charge in [0.15, 0.2) is 0 Å². The standard InChI is InChI=1S/C36H47F4N5O9S/c1-20-8-6-7-9-22-18-35(22,30(48)44-55(51,52)34(5)14-15-34)43-28(46)26-17-25(53-31(49)41-24-12-10-23(37)11-13-24)19-45(26)29(47)27(21(2)16-20)42-32(50)54-33(3,4)36(38,39)40/h7,9-13,20-22,25-27H,6,8,14-19H2,1-5H3,(H,41,49)(H,42,50)(H,43,46)(H,44,48). The van der Waals surface area contributed by atoms with Crippen molar-refractivity contribution in [1.29, 1.82) is 0 Å². The first-order chi connectivity index (χ1) is 25.5. The highest BCUT2D eigenvalue weighted by Gasteiger charge is 2.63. The predicted molar refractivity (Wildman–Crippen MR) is 189 cm³/mol. The molecular weight excluding hydrogens is 754 g/mol. The van der Waals surface area contributed by atoms with Crippen LogP contribution in [0.2, 0.25) is 0 Å². The number of carbonyl (C=O) groups excluding carboxylic acids is 5. The van der Waals surface area contributed by atoms with Gasteiger partial charge < -0.3 is 25.0 Å². The number of anilines is 1. The van der Waals surface area contributed by atoms with E-state index in [-0.39, 0.29) is 24.4 Å². The Bertz CT molecular complexity index is 1820. The number of nitrogens with one attached hydrogen (secondary N) is 4. The molecule has 1 aromatic rings. The van der Waals surface area contributed by atoms with E-state index in [0.717, 1.165) is 17.0 Å². The normalized spacial score (nSPS) is 29.7. The Labute approximate surface area is 316 Å². The van der Waals surface area contributed by atoms with Crippen molar-refractivity contribution >= 4 is 45.6 Å². The second kappa shape index (κ2) is 15.3. The molecule has 0 aromatic heterocycles. The molecule has 1 saturated heterocycles. The average Bonchev–Trinajstić information content (AvgIpc) is 3.95. The quantitative estimate of drug-likeness (QED) is 0.225. The third-order valence-corrected chi connectivity index (χ3v) is 13.1. The summed E-state index contributed by atoms with van der Waals surface area (Å²) in [6.45, 7) is 5.90. The third-order valence-electron chi connectivity index (χ3n) is 10.9. The minimum Gasteiger partial charge on any atom is -0.444 e. The van der Waals surface area contributed by atoms with Gasteiger partial charge in [0.1, 0.15) is 29.5 Å². The lowest BCUT2D eigenvalue weighted by Gasteiger charge is -2.34. The van der Waals surface area contributed by atoms with Crippen LogP contribution in [-0.4, -0.2) is 90.0 Å². The Hall–Kier alpha value is -4.42. The minimum atomic E-state index is -4.94. The summed E-state index contributed by atoms with van der Waals surface area (Å²) in [6, 6.07) is 1.78. The summed E-state index contributed by atoms with van der Waals surface area (Å²) in [5.74, 6) is -4.68. The lowest BCUT2D eigenvalue weighted by atomic mass is 9.88. The molecule has 2 aliphatic carbocycles. The van der Waals surface area contributed by atoms with Crippen molar-refractivity contribution in [3.63, 3.8) is 0 Å². The highest BCUT2D eigenvalue weighted by molar-refractivity contribution is 7.91. The van der Waals surface area contributed by atoms with Crippen LogP contribution in [-0.2, 0) is 33.9 Å². The SMILES string of the molecule is CC1CCC=CC2CC2(C(=O)NS(=O)(=O)C2(C)CC2)NC(=O)C2CC(OC(=O)Nc3ccc(F)cc3)CN2C(=O)C(NC(=O)OC(C)(C)C(F)(F)F)C(C)C1. The number of amides is 5. The van der Waals surface area contributed by atoms with Gasteiger partial charge in [0.05, 0.1) is 11.3 Å². The number of halogens is 4. The predicted octanol–water partition coefficient (Wildman–Crippen LogP) is 4.67. The molecule has 1 aromatic carbocycles. The lowest BCUT2D eigenvalue weighted by molar-refractivity contribution is -0.244. The average molecular weight is 802 g/mol. The Kier molecular flexibility index (Phi) is 11.6. The summed E-state index contributed by atoms with van der Waals surface area (Å²) < 4.78 is 91.7. The minimum absolute atomic E-state index is 0.0472. The number of rotatable bonds is 7. The summed E-state index contributed by atoms with van der Waals surface area (Å²) in [5, 5.41) is 7.39. The highest BCUT2D eigenvalue weighted by atomic mass is 32.2. The fourth-order valence-corrected chi connectivity index (χ4v) is 8.19. The Morgan fingerprint density at radius 2 is 1.67 bits per heavy atom. The molecule has 4 aliphatic rings. The number of alkyl halides is 3. The molecule has 0 radical (unpaired) electrons. The van der Waals surface area contributed by atoms with E-state index in [1.165, 1.54) is 19.1 Å². The maximum Gasteiger partial charge on any atom is 0.427 e. The number of sulfonamides is 1. The van der Waals surface area contributed by atoms with Crippen molar-refractivity contribution in [2.75, 3.05) is 11.9 Å². The van der Waals surface area contributed by atoms with Crippen LogP contribution in [0.15, 0.2) is 36.4 Å². The molecule has 7 unspecified atom stereocenters. The number of fused-ring (bicyclic) bond motifs is 2. The van der Waals surface area contributed by atoms with Crippen LogP contribution in [0.4, 0.5) is 32.8 Å². The van der Waals surface area contributed by atoms with E-state index >= 15 is 0 Å². The van der Waals surface area contributed by atoms with Crippen LogP contribution in [0.3, 0.4) is 0 Å². The van der Waals surface area contributed by atoms with E-state index in [4.69, 9.17) is 9.47 Å². The first-order valence-corrected chi connectivity index (χ1v) is 19.6. The molecule has 0 bridgehead atoms.